The zero-order valence-corrected chi connectivity index (χ0v) is 7.37. The second kappa shape index (κ2) is 5.49. The van der Waals surface area contributed by atoms with Gasteiger partial charge in [0.1, 0.15) is 0 Å². The van der Waals surface area contributed by atoms with Crippen molar-refractivity contribution in [3.63, 3.8) is 0 Å². The van der Waals surface area contributed by atoms with Gasteiger partial charge >= 0.3 is 5.97 Å². The molecule has 5 heteroatoms. The lowest BCUT2D eigenvalue weighted by Crippen LogP contribution is -2.08. The average molecular weight is 189 g/mol. The zero-order valence-electron chi connectivity index (χ0n) is 6.56. The number of nitrogens with zero attached hydrogens (tertiary/aromatic N) is 2. The first-order chi connectivity index (χ1) is 5.34. The molecule has 0 fully saturated rings. The maximum absolute atomic E-state index is 10.9. The van der Waals surface area contributed by atoms with Crippen molar-refractivity contribution < 1.29 is 9.53 Å². The number of hydrogen-bond acceptors (Lipinski definition) is 4. The largest absolute Gasteiger partial charge is 0.460 e. The molecule has 1 aromatic heterocycles. The van der Waals surface area contributed by atoms with E-state index in [-0.39, 0.29) is 18.2 Å². The molecule has 0 amide bonds. The Bertz CT molecular complexity index is 240. The molecule has 0 aliphatic rings. The van der Waals surface area contributed by atoms with E-state index in [1.807, 2.05) is 0 Å². The Hall–Kier alpha value is -1.16. The van der Waals surface area contributed by atoms with Gasteiger partial charge in [-0.15, -0.1) is 12.4 Å². The predicted molar refractivity (Wildman–Crippen MR) is 45.2 cm³/mol. The summed E-state index contributed by atoms with van der Waals surface area (Å²) >= 11 is 0. The Labute approximate surface area is 76.4 Å². The molecule has 1 aromatic rings. The first-order valence-electron chi connectivity index (χ1n) is 3.28. The SMILES string of the molecule is CCOC(=O)c1ncccn1.Cl. The minimum absolute atomic E-state index is 0. The van der Waals surface area contributed by atoms with Gasteiger partial charge in [0, 0.05) is 12.4 Å². The van der Waals surface area contributed by atoms with Crippen LogP contribution in [-0.2, 0) is 4.74 Å². The fourth-order valence-electron chi connectivity index (χ4n) is 0.600. The van der Waals surface area contributed by atoms with Gasteiger partial charge in [0.05, 0.1) is 6.61 Å². The molecule has 0 saturated carbocycles. The second-order valence-electron chi connectivity index (χ2n) is 1.79. The van der Waals surface area contributed by atoms with E-state index in [1.54, 1.807) is 13.0 Å². The molecule has 0 aliphatic heterocycles. The van der Waals surface area contributed by atoms with Crippen molar-refractivity contribution in [3.05, 3.63) is 24.3 Å². The van der Waals surface area contributed by atoms with E-state index in [2.05, 4.69) is 14.7 Å². The van der Waals surface area contributed by atoms with E-state index in [0.29, 0.717) is 6.61 Å². The summed E-state index contributed by atoms with van der Waals surface area (Å²) in [5.41, 5.74) is 0. The molecule has 66 valence electrons. The molecular formula is C7H9ClN2O2. The summed E-state index contributed by atoms with van der Waals surface area (Å²) in [6.45, 7) is 2.08. The molecule has 0 radical (unpaired) electrons. The summed E-state index contributed by atoms with van der Waals surface area (Å²) < 4.78 is 4.66. The van der Waals surface area contributed by atoms with Crippen molar-refractivity contribution >= 4 is 18.4 Å². The maximum atomic E-state index is 10.9. The van der Waals surface area contributed by atoms with Crippen LogP contribution in [0.5, 0.6) is 0 Å². The van der Waals surface area contributed by atoms with Gasteiger partial charge in [-0.2, -0.15) is 0 Å². The van der Waals surface area contributed by atoms with E-state index in [1.165, 1.54) is 12.4 Å². The lowest BCUT2D eigenvalue weighted by molar-refractivity contribution is 0.0512. The van der Waals surface area contributed by atoms with Crippen molar-refractivity contribution in [1.29, 1.82) is 0 Å². The fourth-order valence-corrected chi connectivity index (χ4v) is 0.600. The van der Waals surface area contributed by atoms with Gasteiger partial charge in [0.2, 0.25) is 5.82 Å². The van der Waals surface area contributed by atoms with E-state index >= 15 is 0 Å². The van der Waals surface area contributed by atoms with Crippen LogP contribution in [0.3, 0.4) is 0 Å². The Balaban J connectivity index is 0.00000121. The van der Waals surface area contributed by atoms with Gasteiger partial charge in [-0.1, -0.05) is 0 Å². The molecule has 0 bridgehead atoms. The third kappa shape index (κ3) is 2.84. The number of carbonyl (C=O) groups excluding carboxylic acids is 1. The summed E-state index contributed by atoms with van der Waals surface area (Å²) in [6, 6.07) is 1.64. The fraction of sp³-hybridized carbons (Fsp3) is 0.286. The normalized spacial score (nSPS) is 8.42. The van der Waals surface area contributed by atoms with Crippen LogP contribution in [0.15, 0.2) is 18.5 Å². The average Bonchev–Trinajstić information content (AvgIpc) is 2.07. The molecule has 4 nitrogen and oxygen atoms in total. The molecule has 1 heterocycles. The maximum Gasteiger partial charge on any atom is 0.376 e. The van der Waals surface area contributed by atoms with Crippen LogP contribution < -0.4 is 0 Å². The van der Waals surface area contributed by atoms with Gasteiger partial charge < -0.3 is 4.74 Å². The molecule has 0 aliphatic carbocycles. The summed E-state index contributed by atoms with van der Waals surface area (Å²) in [5, 5.41) is 0. The number of rotatable bonds is 2. The van der Waals surface area contributed by atoms with Crippen molar-refractivity contribution in [1.82, 2.24) is 9.97 Å². The number of aromatic nitrogens is 2. The number of ether oxygens (including phenoxy) is 1. The monoisotopic (exact) mass is 188 g/mol. The topological polar surface area (TPSA) is 52.1 Å². The van der Waals surface area contributed by atoms with Crippen molar-refractivity contribution in [2.45, 2.75) is 6.92 Å². The number of carbonyl (C=O) groups is 1. The van der Waals surface area contributed by atoms with E-state index in [4.69, 9.17) is 0 Å². The summed E-state index contributed by atoms with van der Waals surface area (Å²) in [5.74, 6) is -0.373. The van der Waals surface area contributed by atoms with Gasteiger partial charge in [-0.05, 0) is 13.0 Å². The lowest BCUT2D eigenvalue weighted by Gasteiger charge is -1.97. The Morgan fingerprint density at radius 2 is 2.08 bits per heavy atom. The molecule has 0 atom stereocenters. The highest BCUT2D eigenvalue weighted by atomic mass is 35.5. The van der Waals surface area contributed by atoms with E-state index in [9.17, 15) is 4.79 Å². The molecule has 12 heavy (non-hydrogen) atoms. The second-order valence-corrected chi connectivity index (χ2v) is 1.79. The minimum atomic E-state index is -0.479. The molecule has 1 rings (SSSR count). The van der Waals surface area contributed by atoms with Gasteiger partial charge in [0.15, 0.2) is 0 Å². The van der Waals surface area contributed by atoms with Crippen LogP contribution in [0, 0.1) is 0 Å². The van der Waals surface area contributed by atoms with Gasteiger partial charge in [0.25, 0.3) is 0 Å². The van der Waals surface area contributed by atoms with E-state index in [0.717, 1.165) is 0 Å². The highest BCUT2D eigenvalue weighted by Crippen LogP contribution is 1.90. The lowest BCUT2D eigenvalue weighted by atomic mass is 10.5. The summed E-state index contributed by atoms with van der Waals surface area (Å²) in [7, 11) is 0. The Kier molecular flexibility index (Phi) is 4.96. The van der Waals surface area contributed by atoms with Crippen LogP contribution in [0.1, 0.15) is 17.5 Å². The van der Waals surface area contributed by atoms with Crippen molar-refractivity contribution in [2.75, 3.05) is 6.61 Å². The zero-order chi connectivity index (χ0) is 8.10. The van der Waals surface area contributed by atoms with Crippen LogP contribution in [0.25, 0.3) is 0 Å². The summed E-state index contributed by atoms with van der Waals surface area (Å²) in [6.07, 6.45) is 3.00. The van der Waals surface area contributed by atoms with Crippen LogP contribution in [-0.4, -0.2) is 22.5 Å². The smallest absolute Gasteiger partial charge is 0.376 e. The minimum Gasteiger partial charge on any atom is -0.460 e. The molecule has 0 unspecified atom stereocenters. The highest BCUT2D eigenvalue weighted by molar-refractivity contribution is 5.85. The van der Waals surface area contributed by atoms with Gasteiger partial charge in [-0.25, -0.2) is 14.8 Å². The molecule has 0 N–H and O–H groups in total. The molecule has 0 aromatic carbocycles. The van der Waals surface area contributed by atoms with E-state index < -0.39 is 5.97 Å². The van der Waals surface area contributed by atoms with Gasteiger partial charge in [-0.3, -0.25) is 0 Å². The number of halogens is 1. The first kappa shape index (κ1) is 10.8. The molecule has 0 saturated heterocycles. The van der Waals surface area contributed by atoms with Crippen molar-refractivity contribution in [3.8, 4) is 0 Å². The Morgan fingerprint density at radius 3 is 2.58 bits per heavy atom. The third-order valence-corrected chi connectivity index (χ3v) is 1.02. The third-order valence-electron chi connectivity index (χ3n) is 1.02. The highest BCUT2D eigenvalue weighted by Gasteiger charge is 2.06. The number of hydrogen-bond donors (Lipinski definition) is 0. The predicted octanol–water partition coefficient (Wildman–Crippen LogP) is 1.08. The van der Waals surface area contributed by atoms with Crippen molar-refractivity contribution in [2.24, 2.45) is 0 Å². The van der Waals surface area contributed by atoms with Crippen LogP contribution in [0.4, 0.5) is 0 Å². The van der Waals surface area contributed by atoms with Crippen LogP contribution in [0.2, 0.25) is 0 Å². The first-order valence-corrected chi connectivity index (χ1v) is 3.28. The summed E-state index contributed by atoms with van der Waals surface area (Å²) in [4.78, 5) is 18.3. The quantitative estimate of drug-likeness (QED) is 0.652. The number of esters is 1. The standard InChI is InChI=1S/C7H8N2O2.ClH/c1-2-11-7(10)6-8-4-3-5-9-6;/h3-5H,2H2,1H3;1H. The molecular weight excluding hydrogens is 180 g/mol. The van der Waals surface area contributed by atoms with Crippen LogP contribution >= 0.6 is 12.4 Å². The Morgan fingerprint density at radius 1 is 1.50 bits per heavy atom. The molecule has 0 spiro atoms.